The lowest BCUT2D eigenvalue weighted by Gasteiger charge is -2.15. The van der Waals surface area contributed by atoms with Crippen LogP contribution >= 0.6 is 23.1 Å². The Balaban J connectivity index is 1.55. The lowest BCUT2D eigenvalue weighted by Crippen LogP contribution is -2.23. The molecular formula is C20H20N4O2S2. The van der Waals surface area contributed by atoms with Gasteiger partial charge in [0.05, 0.1) is 4.91 Å². The first kappa shape index (κ1) is 18.9. The van der Waals surface area contributed by atoms with Crippen LogP contribution in [0.3, 0.4) is 0 Å². The monoisotopic (exact) mass is 412 g/mol. The highest BCUT2D eigenvalue weighted by Crippen LogP contribution is 2.35. The number of hydrogen-bond donors (Lipinski definition) is 0. The maximum absolute atomic E-state index is 12.6. The van der Waals surface area contributed by atoms with Gasteiger partial charge in [-0.05, 0) is 41.5 Å². The van der Waals surface area contributed by atoms with Crippen molar-refractivity contribution in [2.45, 2.75) is 20.3 Å². The summed E-state index contributed by atoms with van der Waals surface area (Å²) in [6.45, 7) is 4.73. The van der Waals surface area contributed by atoms with Crippen LogP contribution in [0.2, 0.25) is 0 Å². The topological polar surface area (TPSA) is 67.7 Å². The number of aliphatic imine (C=N–C) groups is 1. The Morgan fingerprint density at radius 3 is 2.96 bits per heavy atom. The predicted octanol–water partition coefficient (Wildman–Crippen LogP) is 4.29. The summed E-state index contributed by atoms with van der Waals surface area (Å²) >= 11 is 2.82. The van der Waals surface area contributed by atoms with E-state index < -0.39 is 0 Å². The summed E-state index contributed by atoms with van der Waals surface area (Å²) in [6.07, 6.45) is 4.81. The standard InChI is InChI=1S/C20H20N4O2S2/c1-12(2)8-17-22-23-19(28-17)21-20-24(3)18(25)16(27-20)10-13-9-14-6-4-5-7-15(14)26-11-13/h4-7,9-10,12H,8,11H2,1-3H3/b16-10-,21-20+. The number of likely N-dealkylation sites (N-methyl/N-ethyl adjacent to an activating group) is 1. The first-order valence-electron chi connectivity index (χ1n) is 9.00. The first-order valence-corrected chi connectivity index (χ1v) is 10.6. The number of para-hydroxylation sites is 1. The summed E-state index contributed by atoms with van der Waals surface area (Å²) in [5.74, 6) is 1.31. The molecule has 0 unspecified atom stereocenters. The number of amides is 1. The zero-order chi connectivity index (χ0) is 19.7. The van der Waals surface area contributed by atoms with Crippen LogP contribution in [0.15, 0.2) is 45.8 Å². The molecule has 28 heavy (non-hydrogen) atoms. The third-order valence-electron chi connectivity index (χ3n) is 4.20. The van der Waals surface area contributed by atoms with Gasteiger partial charge in [-0.2, -0.15) is 4.99 Å². The molecule has 1 aromatic heterocycles. The second-order valence-electron chi connectivity index (χ2n) is 6.99. The summed E-state index contributed by atoms with van der Waals surface area (Å²) in [6, 6.07) is 7.86. The Bertz CT molecular complexity index is 1010. The predicted molar refractivity (Wildman–Crippen MR) is 114 cm³/mol. The van der Waals surface area contributed by atoms with Gasteiger partial charge in [-0.1, -0.05) is 43.4 Å². The number of aromatic nitrogens is 2. The van der Waals surface area contributed by atoms with Crippen LogP contribution < -0.4 is 4.74 Å². The number of hydrogen-bond acceptors (Lipinski definition) is 7. The van der Waals surface area contributed by atoms with Crippen LogP contribution in [0.25, 0.3) is 6.08 Å². The molecule has 8 heteroatoms. The zero-order valence-electron chi connectivity index (χ0n) is 15.9. The van der Waals surface area contributed by atoms with E-state index in [1.165, 1.54) is 23.1 Å². The Morgan fingerprint density at radius 1 is 1.32 bits per heavy atom. The fourth-order valence-corrected chi connectivity index (χ4v) is 4.80. The average Bonchev–Trinajstić information content (AvgIpc) is 3.21. The van der Waals surface area contributed by atoms with Crippen LogP contribution in [-0.2, 0) is 11.2 Å². The number of benzene rings is 1. The van der Waals surface area contributed by atoms with E-state index in [9.17, 15) is 4.79 Å². The molecule has 2 aliphatic rings. The van der Waals surface area contributed by atoms with Crippen molar-refractivity contribution in [2.75, 3.05) is 13.7 Å². The number of amidine groups is 1. The molecule has 2 aliphatic heterocycles. The molecule has 2 aromatic rings. The van der Waals surface area contributed by atoms with Gasteiger partial charge in [-0.3, -0.25) is 9.69 Å². The number of nitrogens with zero attached hydrogens (tertiary/aromatic N) is 4. The normalized spacial score (nSPS) is 19.4. The molecule has 1 aromatic carbocycles. The smallest absolute Gasteiger partial charge is 0.266 e. The van der Waals surface area contributed by atoms with Crippen molar-refractivity contribution < 1.29 is 9.53 Å². The minimum atomic E-state index is -0.0737. The number of thioether (sulfide) groups is 1. The van der Waals surface area contributed by atoms with Gasteiger partial charge < -0.3 is 4.74 Å². The van der Waals surface area contributed by atoms with Gasteiger partial charge >= 0.3 is 0 Å². The van der Waals surface area contributed by atoms with Crippen LogP contribution in [0.5, 0.6) is 5.75 Å². The second kappa shape index (κ2) is 7.89. The summed E-state index contributed by atoms with van der Waals surface area (Å²) in [5.41, 5.74) is 1.98. The average molecular weight is 413 g/mol. The Kier molecular flexibility index (Phi) is 5.32. The van der Waals surface area contributed by atoms with Crippen LogP contribution in [0, 0.1) is 5.92 Å². The van der Waals surface area contributed by atoms with Gasteiger partial charge in [0, 0.05) is 19.0 Å². The Labute approximate surface area is 172 Å². The summed E-state index contributed by atoms with van der Waals surface area (Å²) < 4.78 is 5.77. The number of rotatable bonds is 4. The van der Waals surface area contributed by atoms with E-state index in [0.29, 0.717) is 27.7 Å². The molecule has 0 spiro atoms. The summed E-state index contributed by atoms with van der Waals surface area (Å²) in [7, 11) is 1.73. The molecule has 4 rings (SSSR count). The van der Waals surface area contributed by atoms with E-state index in [1.54, 1.807) is 11.9 Å². The summed E-state index contributed by atoms with van der Waals surface area (Å²) in [4.78, 5) is 19.3. The zero-order valence-corrected chi connectivity index (χ0v) is 17.5. The van der Waals surface area contributed by atoms with Crippen LogP contribution in [-0.4, -0.2) is 39.8 Å². The molecule has 0 atom stereocenters. The Hall–Kier alpha value is -2.45. The van der Waals surface area contributed by atoms with E-state index in [1.807, 2.05) is 30.3 Å². The largest absolute Gasteiger partial charge is 0.488 e. The van der Waals surface area contributed by atoms with Gasteiger partial charge in [-0.25, -0.2) is 0 Å². The molecule has 144 valence electrons. The molecule has 1 amide bonds. The third kappa shape index (κ3) is 4.02. The molecule has 0 aliphatic carbocycles. The highest BCUT2D eigenvalue weighted by atomic mass is 32.2. The molecule has 3 heterocycles. The van der Waals surface area contributed by atoms with Gasteiger partial charge in [0.1, 0.15) is 17.4 Å². The maximum atomic E-state index is 12.6. The van der Waals surface area contributed by atoms with E-state index >= 15 is 0 Å². The third-order valence-corrected chi connectivity index (χ3v) is 6.10. The maximum Gasteiger partial charge on any atom is 0.266 e. The molecule has 0 bridgehead atoms. The molecule has 1 saturated heterocycles. The summed E-state index contributed by atoms with van der Waals surface area (Å²) in [5, 5.41) is 10.5. The van der Waals surface area contributed by atoms with Crippen LogP contribution in [0.4, 0.5) is 5.13 Å². The van der Waals surface area contributed by atoms with Gasteiger partial charge in [-0.15, -0.1) is 10.2 Å². The van der Waals surface area contributed by atoms with Crippen molar-refractivity contribution in [3.63, 3.8) is 0 Å². The minimum absolute atomic E-state index is 0.0737. The van der Waals surface area contributed by atoms with Crippen molar-refractivity contribution in [1.82, 2.24) is 15.1 Å². The molecule has 0 N–H and O–H groups in total. The fourth-order valence-electron chi connectivity index (χ4n) is 2.84. The second-order valence-corrected chi connectivity index (χ2v) is 9.04. The highest BCUT2D eigenvalue weighted by molar-refractivity contribution is 8.18. The fraction of sp³-hybridized carbons (Fsp3) is 0.300. The minimum Gasteiger partial charge on any atom is -0.488 e. The van der Waals surface area contributed by atoms with Crippen molar-refractivity contribution >= 4 is 45.4 Å². The van der Waals surface area contributed by atoms with Crippen molar-refractivity contribution in [3.8, 4) is 5.75 Å². The number of carbonyl (C=O) groups excluding carboxylic acids is 1. The molecule has 6 nitrogen and oxygen atoms in total. The molecule has 0 radical (unpaired) electrons. The lowest BCUT2D eigenvalue weighted by molar-refractivity contribution is -0.121. The van der Waals surface area contributed by atoms with Crippen molar-refractivity contribution in [2.24, 2.45) is 10.9 Å². The van der Waals surface area contributed by atoms with E-state index in [-0.39, 0.29) is 5.91 Å². The molecule has 1 fully saturated rings. The lowest BCUT2D eigenvalue weighted by atomic mass is 10.1. The van der Waals surface area contributed by atoms with E-state index in [0.717, 1.165) is 28.3 Å². The molecular weight excluding hydrogens is 392 g/mol. The van der Waals surface area contributed by atoms with Gasteiger partial charge in [0.25, 0.3) is 5.91 Å². The molecule has 0 saturated carbocycles. The number of carbonyl (C=O) groups is 1. The number of ether oxygens (including phenoxy) is 1. The van der Waals surface area contributed by atoms with Gasteiger partial charge in [0.15, 0.2) is 5.17 Å². The van der Waals surface area contributed by atoms with E-state index in [2.05, 4.69) is 35.1 Å². The van der Waals surface area contributed by atoms with E-state index in [4.69, 9.17) is 4.74 Å². The van der Waals surface area contributed by atoms with Crippen LogP contribution in [0.1, 0.15) is 24.4 Å². The number of fused-ring (bicyclic) bond motifs is 1. The highest BCUT2D eigenvalue weighted by Gasteiger charge is 2.31. The van der Waals surface area contributed by atoms with Crippen molar-refractivity contribution in [3.05, 3.63) is 51.4 Å². The SMILES string of the molecule is CC(C)Cc1nnc(/N=C2/S/C(=C\C3=Cc4ccccc4OC3)C(=O)N2C)s1. The van der Waals surface area contributed by atoms with Gasteiger partial charge in [0.2, 0.25) is 5.13 Å². The Morgan fingerprint density at radius 2 is 2.14 bits per heavy atom. The van der Waals surface area contributed by atoms with Crippen molar-refractivity contribution in [1.29, 1.82) is 0 Å². The first-order chi connectivity index (χ1) is 13.5. The quantitative estimate of drug-likeness (QED) is 0.701.